The highest BCUT2D eigenvalue weighted by Crippen LogP contribution is 2.33. The van der Waals surface area contributed by atoms with Crippen LogP contribution in [-0.2, 0) is 6.42 Å². The van der Waals surface area contributed by atoms with Crippen LogP contribution in [0.4, 0.5) is 0 Å². The van der Waals surface area contributed by atoms with Crippen LogP contribution in [0.1, 0.15) is 17.2 Å². The maximum absolute atomic E-state index is 9.23. The van der Waals surface area contributed by atoms with Crippen molar-refractivity contribution in [2.45, 2.75) is 12.5 Å². The molecule has 0 bridgehead atoms. The number of para-hydroxylation sites is 1. The molecule has 0 amide bonds. The molecule has 1 heterocycles. The molecular formula is C16H15NO3. The Hall–Kier alpha value is -2.49. The lowest BCUT2D eigenvalue weighted by atomic mass is 9.95. The summed E-state index contributed by atoms with van der Waals surface area (Å²) in [6, 6.07) is 15.4. The second kappa shape index (κ2) is 5.25. The first-order valence-electron chi connectivity index (χ1n) is 6.41. The van der Waals surface area contributed by atoms with Gasteiger partial charge in [-0.3, -0.25) is 0 Å². The minimum Gasteiger partial charge on any atom is -0.497 e. The molecule has 0 radical (unpaired) electrons. The SMILES string of the molecule is COc1ccc(C2Oc3ccccc3CC2=NO)cc1. The molecule has 0 saturated carbocycles. The molecule has 1 unspecified atom stereocenters. The zero-order chi connectivity index (χ0) is 13.9. The van der Waals surface area contributed by atoms with Gasteiger partial charge in [-0.05, 0) is 23.8 Å². The normalized spacial score (nSPS) is 19.2. The van der Waals surface area contributed by atoms with E-state index < -0.39 is 0 Å². The number of nitrogens with zero attached hydrogens (tertiary/aromatic N) is 1. The molecule has 1 N–H and O–H groups in total. The van der Waals surface area contributed by atoms with Crippen molar-refractivity contribution >= 4 is 5.71 Å². The summed E-state index contributed by atoms with van der Waals surface area (Å²) in [7, 11) is 1.63. The third kappa shape index (κ3) is 2.20. The highest BCUT2D eigenvalue weighted by molar-refractivity contribution is 5.93. The van der Waals surface area contributed by atoms with Gasteiger partial charge in [0.1, 0.15) is 17.2 Å². The minimum absolute atomic E-state index is 0.360. The van der Waals surface area contributed by atoms with E-state index in [4.69, 9.17) is 9.47 Å². The summed E-state index contributed by atoms with van der Waals surface area (Å²) in [5, 5.41) is 12.6. The molecule has 102 valence electrons. The Morgan fingerprint density at radius 1 is 1.15 bits per heavy atom. The third-order valence-corrected chi connectivity index (χ3v) is 3.44. The molecule has 20 heavy (non-hydrogen) atoms. The molecule has 1 aliphatic heterocycles. The van der Waals surface area contributed by atoms with E-state index in [9.17, 15) is 5.21 Å². The molecule has 3 rings (SSSR count). The van der Waals surface area contributed by atoms with Crippen LogP contribution in [0.25, 0.3) is 0 Å². The molecule has 4 nitrogen and oxygen atoms in total. The van der Waals surface area contributed by atoms with Gasteiger partial charge in [0.2, 0.25) is 0 Å². The summed E-state index contributed by atoms with van der Waals surface area (Å²) in [6.07, 6.45) is 0.226. The third-order valence-electron chi connectivity index (χ3n) is 3.44. The van der Waals surface area contributed by atoms with E-state index in [1.165, 1.54) is 0 Å². The van der Waals surface area contributed by atoms with Gasteiger partial charge in [-0.25, -0.2) is 0 Å². The van der Waals surface area contributed by atoms with Gasteiger partial charge in [0.25, 0.3) is 0 Å². The van der Waals surface area contributed by atoms with Crippen LogP contribution in [0, 0.1) is 0 Å². The Balaban J connectivity index is 1.96. The van der Waals surface area contributed by atoms with E-state index in [-0.39, 0.29) is 6.10 Å². The lowest BCUT2D eigenvalue weighted by molar-refractivity contribution is 0.243. The zero-order valence-electron chi connectivity index (χ0n) is 11.1. The summed E-state index contributed by atoms with van der Waals surface area (Å²) < 4.78 is 11.1. The van der Waals surface area contributed by atoms with Gasteiger partial charge >= 0.3 is 0 Å². The molecule has 2 aromatic carbocycles. The highest BCUT2D eigenvalue weighted by atomic mass is 16.5. The van der Waals surface area contributed by atoms with Gasteiger partial charge in [-0.15, -0.1) is 0 Å². The fourth-order valence-electron chi connectivity index (χ4n) is 2.37. The summed E-state index contributed by atoms with van der Waals surface area (Å²) in [5.41, 5.74) is 2.58. The standard InChI is InChI=1S/C16H15NO3/c1-19-13-8-6-11(7-9-13)16-14(17-18)10-12-4-2-3-5-15(12)20-16/h2-9,16,18H,10H2,1H3. The van der Waals surface area contributed by atoms with Crippen molar-refractivity contribution in [3.05, 3.63) is 59.7 Å². The molecular weight excluding hydrogens is 254 g/mol. The highest BCUT2D eigenvalue weighted by Gasteiger charge is 2.27. The van der Waals surface area contributed by atoms with Crippen molar-refractivity contribution in [1.29, 1.82) is 0 Å². The second-order valence-electron chi connectivity index (χ2n) is 4.65. The molecule has 4 heteroatoms. The predicted octanol–water partition coefficient (Wildman–Crippen LogP) is 3.20. The van der Waals surface area contributed by atoms with E-state index >= 15 is 0 Å². The topological polar surface area (TPSA) is 51.0 Å². The number of methoxy groups -OCH3 is 1. The first-order chi connectivity index (χ1) is 9.81. The minimum atomic E-state index is -0.360. The first kappa shape index (κ1) is 12.5. The summed E-state index contributed by atoms with van der Waals surface area (Å²) >= 11 is 0. The van der Waals surface area contributed by atoms with Gasteiger partial charge in [-0.2, -0.15) is 0 Å². The quantitative estimate of drug-likeness (QED) is 0.672. The van der Waals surface area contributed by atoms with Gasteiger partial charge in [0, 0.05) is 12.0 Å². The van der Waals surface area contributed by atoms with Crippen molar-refractivity contribution in [2.75, 3.05) is 7.11 Å². The van der Waals surface area contributed by atoms with E-state index in [1.807, 2.05) is 48.5 Å². The Labute approximate surface area is 117 Å². The summed E-state index contributed by atoms with van der Waals surface area (Å²) in [4.78, 5) is 0. The van der Waals surface area contributed by atoms with Crippen LogP contribution < -0.4 is 9.47 Å². The molecule has 0 saturated heterocycles. The number of ether oxygens (including phenoxy) is 2. The van der Waals surface area contributed by atoms with Crippen LogP contribution in [-0.4, -0.2) is 18.0 Å². The van der Waals surface area contributed by atoms with Crippen molar-refractivity contribution in [3.63, 3.8) is 0 Å². The van der Waals surface area contributed by atoms with Crippen molar-refractivity contribution in [3.8, 4) is 11.5 Å². The second-order valence-corrected chi connectivity index (χ2v) is 4.65. The van der Waals surface area contributed by atoms with Gasteiger partial charge in [-0.1, -0.05) is 35.5 Å². The Kier molecular flexibility index (Phi) is 3.29. The first-order valence-corrected chi connectivity index (χ1v) is 6.41. The predicted molar refractivity (Wildman–Crippen MR) is 75.7 cm³/mol. The van der Waals surface area contributed by atoms with Gasteiger partial charge in [0.15, 0.2) is 6.10 Å². The largest absolute Gasteiger partial charge is 0.497 e. The summed E-state index contributed by atoms with van der Waals surface area (Å²) in [5.74, 6) is 1.62. The van der Waals surface area contributed by atoms with Crippen LogP contribution in [0.15, 0.2) is 53.7 Å². The fourth-order valence-corrected chi connectivity index (χ4v) is 2.37. The van der Waals surface area contributed by atoms with Gasteiger partial charge < -0.3 is 14.7 Å². The summed E-state index contributed by atoms with van der Waals surface area (Å²) in [6.45, 7) is 0. The molecule has 0 spiro atoms. The van der Waals surface area contributed by atoms with Crippen molar-refractivity contribution < 1.29 is 14.7 Å². The van der Waals surface area contributed by atoms with Crippen LogP contribution in [0.2, 0.25) is 0 Å². The average Bonchev–Trinajstić information content (AvgIpc) is 2.53. The van der Waals surface area contributed by atoms with E-state index in [0.717, 1.165) is 22.6 Å². The monoisotopic (exact) mass is 269 g/mol. The molecule has 0 aromatic heterocycles. The zero-order valence-corrected chi connectivity index (χ0v) is 11.1. The van der Waals surface area contributed by atoms with Crippen LogP contribution in [0.3, 0.4) is 0 Å². The number of fused-ring (bicyclic) bond motifs is 1. The molecule has 1 atom stereocenters. The molecule has 0 fully saturated rings. The Morgan fingerprint density at radius 3 is 2.60 bits per heavy atom. The van der Waals surface area contributed by atoms with Crippen molar-refractivity contribution in [2.24, 2.45) is 5.16 Å². The molecule has 2 aromatic rings. The lowest BCUT2D eigenvalue weighted by Gasteiger charge is -2.27. The molecule has 1 aliphatic rings. The van der Waals surface area contributed by atoms with Crippen molar-refractivity contribution in [1.82, 2.24) is 0 Å². The Bertz CT molecular complexity index is 634. The smallest absolute Gasteiger partial charge is 0.165 e. The molecule has 0 aliphatic carbocycles. The van der Waals surface area contributed by atoms with E-state index in [1.54, 1.807) is 7.11 Å². The average molecular weight is 269 g/mol. The number of rotatable bonds is 2. The van der Waals surface area contributed by atoms with Gasteiger partial charge in [0.05, 0.1) is 7.11 Å². The number of hydrogen-bond donors (Lipinski definition) is 1. The number of benzene rings is 2. The maximum atomic E-state index is 9.23. The Morgan fingerprint density at radius 2 is 1.90 bits per heavy atom. The van der Waals surface area contributed by atoms with Crippen LogP contribution >= 0.6 is 0 Å². The number of oxime groups is 1. The number of hydrogen-bond acceptors (Lipinski definition) is 4. The fraction of sp³-hybridized carbons (Fsp3) is 0.188. The van der Waals surface area contributed by atoms with E-state index in [2.05, 4.69) is 5.16 Å². The lowest BCUT2D eigenvalue weighted by Crippen LogP contribution is -2.26. The van der Waals surface area contributed by atoms with E-state index in [0.29, 0.717) is 12.1 Å². The maximum Gasteiger partial charge on any atom is 0.165 e. The van der Waals surface area contributed by atoms with Crippen LogP contribution in [0.5, 0.6) is 11.5 Å².